The second-order valence-corrected chi connectivity index (χ2v) is 5.06. The molecule has 0 amide bonds. The minimum atomic E-state index is -0.465. The van der Waals surface area contributed by atoms with Gasteiger partial charge in [-0.2, -0.15) is 5.26 Å². The number of nitriles is 1. The summed E-state index contributed by atoms with van der Waals surface area (Å²) >= 11 is 1.48. The average Bonchev–Trinajstić information content (AvgIpc) is 2.48. The van der Waals surface area contributed by atoms with Crippen molar-refractivity contribution in [2.24, 2.45) is 0 Å². The maximum Gasteiger partial charge on any atom is 0.222 e. The Morgan fingerprint density at radius 3 is 2.80 bits per heavy atom. The van der Waals surface area contributed by atoms with E-state index in [-0.39, 0.29) is 5.56 Å². The van der Waals surface area contributed by atoms with Crippen LogP contribution in [0.2, 0.25) is 0 Å². The summed E-state index contributed by atoms with van der Waals surface area (Å²) in [5.41, 5.74) is 0.122. The normalized spacial score (nSPS) is 10.0. The molecule has 0 spiro atoms. The highest BCUT2D eigenvalue weighted by Gasteiger charge is 2.07. The average molecular weight is 288 g/mol. The van der Waals surface area contributed by atoms with Gasteiger partial charge < -0.3 is 5.32 Å². The van der Waals surface area contributed by atoms with Crippen LogP contribution in [-0.2, 0) is 0 Å². The minimum absolute atomic E-state index is 0.122. The van der Waals surface area contributed by atoms with E-state index in [1.165, 1.54) is 17.8 Å². The van der Waals surface area contributed by atoms with Crippen LogP contribution >= 0.6 is 11.8 Å². The lowest BCUT2D eigenvalue weighted by molar-refractivity contribution is 0.620. The summed E-state index contributed by atoms with van der Waals surface area (Å²) < 4.78 is 13.4. The minimum Gasteiger partial charge on any atom is -0.354 e. The van der Waals surface area contributed by atoms with E-state index in [2.05, 4.69) is 15.3 Å². The molecule has 1 aromatic carbocycles. The summed E-state index contributed by atoms with van der Waals surface area (Å²) in [6.45, 7) is 0.730. The molecule has 0 aliphatic rings. The first kappa shape index (κ1) is 14.3. The van der Waals surface area contributed by atoms with Gasteiger partial charge in [-0.15, -0.1) is 11.8 Å². The lowest BCUT2D eigenvalue weighted by Crippen LogP contribution is -2.05. The van der Waals surface area contributed by atoms with Crippen molar-refractivity contribution < 1.29 is 4.39 Å². The summed E-state index contributed by atoms with van der Waals surface area (Å²) in [5, 5.41) is 12.0. The third kappa shape index (κ3) is 3.93. The largest absolute Gasteiger partial charge is 0.354 e. The van der Waals surface area contributed by atoms with Gasteiger partial charge in [0.15, 0.2) is 0 Å². The van der Waals surface area contributed by atoms with Crippen LogP contribution in [-0.4, -0.2) is 22.3 Å². The van der Waals surface area contributed by atoms with Gasteiger partial charge in [-0.3, -0.25) is 0 Å². The Bertz CT molecular complexity index is 598. The standard InChI is InChI=1S/C14H13FN4S/c15-12-4-1-5-13(11(12)10-16)20-9-3-8-19-14-17-6-2-7-18-14/h1-2,4-7H,3,8-9H2,(H,17,18,19). The maximum atomic E-state index is 13.4. The van der Waals surface area contributed by atoms with Crippen molar-refractivity contribution in [3.05, 3.63) is 48.0 Å². The lowest BCUT2D eigenvalue weighted by Gasteiger charge is -2.05. The first-order chi connectivity index (χ1) is 9.81. The molecule has 102 valence electrons. The van der Waals surface area contributed by atoms with Gasteiger partial charge in [0, 0.05) is 23.8 Å². The van der Waals surface area contributed by atoms with Gasteiger partial charge in [-0.05, 0) is 30.4 Å². The van der Waals surface area contributed by atoms with Crippen LogP contribution < -0.4 is 5.32 Å². The van der Waals surface area contributed by atoms with Crippen LogP contribution in [0.3, 0.4) is 0 Å². The molecular weight excluding hydrogens is 275 g/mol. The number of anilines is 1. The highest BCUT2D eigenvalue weighted by molar-refractivity contribution is 7.99. The van der Waals surface area contributed by atoms with Gasteiger partial charge in [0.25, 0.3) is 0 Å². The number of rotatable bonds is 6. The van der Waals surface area contributed by atoms with Gasteiger partial charge in [-0.25, -0.2) is 14.4 Å². The molecule has 0 radical (unpaired) electrons. The molecule has 0 unspecified atom stereocenters. The first-order valence-corrected chi connectivity index (χ1v) is 7.12. The molecule has 1 aromatic heterocycles. The summed E-state index contributed by atoms with van der Waals surface area (Å²) in [4.78, 5) is 8.79. The Balaban J connectivity index is 1.77. The van der Waals surface area contributed by atoms with E-state index in [0.717, 1.165) is 18.7 Å². The molecule has 20 heavy (non-hydrogen) atoms. The van der Waals surface area contributed by atoms with Gasteiger partial charge in [-0.1, -0.05) is 6.07 Å². The molecule has 0 aliphatic heterocycles. The van der Waals surface area contributed by atoms with Gasteiger partial charge >= 0.3 is 0 Å². The molecule has 0 bridgehead atoms. The molecule has 1 heterocycles. The fraction of sp³-hybridized carbons (Fsp3) is 0.214. The summed E-state index contributed by atoms with van der Waals surface area (Å²) in [6, 6.07) is 8.34. The van der Waals surface area contributed by atoms with Crippen molar-refractivity contribution >= 4 is 17.7 Å². The van der Waals surface area contributed by atoms with E-state index >= 15 is 0 Å². The van der Waals surface area contributed by atoms with Gasteiger partial charge in [0.05, 0.1) is 0 Å². The van der Waals surface area contributed by atoms with E-state index in [4.69, 9.17) is 5.26 Å². The lowest BCUT2D eigenvalue weighted by atomic mass is 10.2. The zero-order valence-corrected chi connectivity index (χ0v) is 11.5. The quantitative estimate of drug-likeness (QED) is 0.654. The Morgan fingerprint density at radius 2 is 2.05 bits per heavy atom. The van der Waals surface area contributed by atoms with Crippen molar-refractivity contribution in [1.29, 1.82) is 5.26 Å². The van der Waals surface area contributed by atoms with Crippen molar-refractivity contribution in [2.45, 2.75) is 11.3 Å². The molecule has 4 nitrogen and oxygen atoms in total. The Kier molecular flexibility index (Phi) is 5.33. The number of nitrogens with zero attached hydrogens (tertiary/aromatic N) is 3. The van der Waals surface area contributed by atoms with Crippen LogP contribution in [0.5, 0.6) is 0 Å². The van der Waals surface area contributed by atoms with Crippen molar-refractivity contribution in [3.63, 3.8) is 0 Å². The Labute approximate surface area is 121 Å². The smallest absolute Gasteiger partial charge is 0.222 e. The molecule has 1 N–H and O–H groups in total. The number of hydrogen-bond donors (Lipinski definition) is 1. The molecule has 2 rings (SSSR count). The fourth-order valence-corrected chi connectivity index (χ4v) is 2.55. The number of benzene rings is 1. The Morgan fingerprint density at radius 1 is 1.25 bits per heavy atom. The molecule has 0 atom stereocenters. The van der Waals surface area contributed by atoms with E-state index in [0.29, 0.717) is 10.8 Å². The number of nitrogens with one attached hydrogen (secondary N) is 1. The van der Waals surface area contributed by atoms with Crippen LogP contribution in [0.15, 0.2) is 41.6 Å². The van der Waals surface area contributed by atoms with Crippen LogP contribution in [0.4, 0.5) is 10.3 Å². The van der Waals surface area contributed by atoms with E-state index in [9.17, 15) is 4.39 Å². The SMILES string of the molecule is N#Cc1c(F)cccc1SCCCNc1ncccn1. The van der Waals surface area contributed by atoms with Gasteiger partial charge in [0.1, 0.15) is 17.4 Å². The number of thioether (sulfide) groups is 1. The number of halogens is 1. The highest BCUT2D eigenvalue weighted by Crippen LogP contribution is 2.24. The van der Waals surface area contributed by atoms with Crippen molar-refractivity contribution in [2.75, 3.05) is 17.6 Å². The zero-order valence-electron chi connectivity index (χ0n) is 10.7. The van der Waals surface area contributed by atoms with Gasteiger partial charge in [0.2, 0.25) is 5.95 Å². The molecular formula is C14H13FN4S. The van der Waals surface area contributed by atoms with Crippen LogP contribution in [0.1, 0.15) is 12.0 Å². The third-order valence-electron chi connectivity index (χ3n) is 2.51. The highest BCUT2D eigenvalue weighted by atomic mass is 32.2. The third-order valence-corrected chi connectivity index (χ3v) is 3.66. The monoisotopic (exact) mass is 288 g/mol. The fourth-order valence-electron chi connectivity index (χ4n) is 1.58. The molecule has 0 saturated carbocycles. The predicted molar refractivity (Wildman–Crippen MR) is 77.0 cm³/mol. The second-order valence-electron chi connectivity index (χ2n) is 3.93. The van der Waals surface area contributed by atoms with E-state index in [1.807, 2.05) is 6.07 Å². The summed E-state index contributed by atoms with van der Waals surface area (Å²) in [5.74, 6) is 0.923. The predicted octanol–water partition coefficient (Wildman–Crippen LogP) is 3.08. The van der Waals surface area contributed by atoms with E-state index in [1.54, 1.807) is 30.6 Å². The number of aromatic nitrogens is 2. The Hall–Kier alpha value is -2.13. The maximum absolute atomic E-state index is 13.4. The molecule has 0 saturated heterocycles. The zero-order chi connectivity index (χ0) is 14.2. The topological polar surface area (TPSA) is 61.6 Å². The summed E-state index contributed by atoms with van der Waals surface area (Å²) in [7, 11) is 0. The van der Waals surface area contributed by atoms with E-state index < -0.39 is 5.82 Å². The second kappa shape index (κ2) is 7.46. The van der Waals surface area contributed by atoms with Crippen molar-refractivity contribution in [3.8, 4) is 6.07 Å². The van der Waals surface area contributed by atoms with Crippen LogP contribution in [0, 0.1) is 17.1 Å². The molecule has 0 fully saturated rings. The van der Waals surface area contributed by atoms with Crippen LogP contribution in [0.25, 0.3) is 0 Å². The molecule has 2 aromatic rings. The van der Waals surface area contributed by atoms with Crippen molar-refractivity contribution in [1.82, 2.24) is 9.97 Å². The first-order valence-electron chi connectivity index (χ1n) is 6.13. The molecule has 0 aliphatic carbocycles. The number of hydrogen-bond acceptors (Lipinski definition) is 5. The molecule has 6 heteroatoms. The summed E-state index contributed by atoms with van der Waals surface area (Å²) in [6.07, 6.45) is 4.22.